The fourth-order valence-corrected chi connectivity index (χ4v) is 3.17. The Morgan fingerprint density at radius 3 is 2.81 bits per heavy atom. The highest BCUT2D eigenvalue weighted by Gasteiger charge is 2.19. The zero-order chi connectivity index (χ0) is 17.9. The Morgan fingerprint density at radius 1 is 1.15 bits per heavy atom. The van der Waals surface area contributed by atoms with E-state index in [1.54, 1.807) is 12.4 Å². The molecule has 134 valence electrons. The van der Waals surface area contributed by atoms with Crippen molar-refractivity contribution in [3.05, 3.63) is 54.0 Å². The number of rotatable bonds is 6. The number of anilines is 1. The van der Waals surface area contributed by atoms with Crippen molar-refractivity contribution in [3.8, 4) is 11.4 Å². The molecular formula is C19H23N7. The van der Waals surface area contributed by atoms with Gasteiger partial charge in [-0.25, -0.2) is 15.0 Å². The Balaban J connectivity index is 1.60. The van der Waals surface area contributed by atoms with Gasteiger partial charge >= 0.3 is 0 Å². The summed E-state index contributed by atoms with van der Waals surface area (Å²) in [5.41, 5.74) is 4.34. The quantitative estimate of drug-likeness (QED) is 0.712. The van der Waals surface area contributed by atoms with Gasteiger partial charge in [0.1, 0.15) is 5.82 Å². The van der Waals surface area contributed by atoms with E-state index in [9.17, 15) is 0 Å². The summed E-state index contributed by atoms with van der Waals surface area (Å²) in [6.07, 6.45) is 7.34. The molecule has 0 aliphatic carbocycles. The maximum Gasteiger partial charge on any atom is 0.161 e. The van der Waals surface area contributed by atoms with Crippen LogP contribution in [-0.4, -0.2) is 24.5 Å². The third kappa shape index (κ3) is 3.43. The lowest BCUT2D eigenvalue weighted by atomic mass is 10.2. The van der Waals surface area contributed by atoms with Gasteiger partial charge in [0, 0.05) is 49.4 Å². The second kappa shape index (κ2) is 7.21. The number of nitrogens with zero attached hydrogens (tertiary/aromatic N) is 5. The first-order valence-corrected chi connectivity index (χ1v) is 8.94. The number of imidazole rings is 1. The lowest BCUT2D eigenvalue weighted by Crippen LogP contribution is -2.12. The molecule has 3 aromatic heterocycles. The van der Waals surface area contributed by atoms with E-state index in [0.717, 1.165) is 53.8 Å². The molecule has 7 heteroatoms. The van der Waals surface area contributed by atoms with Crippen LogP contribution in [0.25, 0.3) is 11.4 Å². The molecule has 2 N–H and O–H groups in total. The standard InChI is InChI=1S/C19H23N7/c1-13(2)11-26-12-22-7-15(26)8-23-19-16-9-21-10-17(16)24-18(25-19)14-3-5-20-6-4-14/h3-7,12-13,21H,8-11H2,1-2H3,(H,23,24,25). The highest BCUT2D eigenvalue weighted by molar-refractivity contribution is 5.60. The van der Waals surface area contributed by atoms with Crippen LogP contribution in [0.4, 0.5) is 5.82 Å². The summed E-state index contributed by atoms with van der Waals surface area (Å²) in [6.45, 7) is 7.63. The molecule has 0 saturated carbocycles. The predicted octanol–water partition coefficient (Wildman–Crippen LogP) is 2.61. The molecule has 0 bridgehead atoms. The lowest BCUT2D eigenvalue weighted by molar-refractivity contribution is 0.511. The summed E-state index contributed by atoms with van der Waals surface area (Å²) >= 11 is 0. The van der Waals surface area contributed by atoms with Crippen molar-refractivity contribution in [1.29, 1.82) is 0 Å². The van der Waals surface area contributed by atoms with Gasteiger partial charge in [-0.15, -0.1) is 0 Å². The van der Waals surface area contributed by atoms with E-state index in [-0.39, 0.29) is 0 Å². The summed E-state index contributed by atoms with van der Waals surface area (Å²) < 4.78 is 2.20. The molecule has 0 amide bonds. The molecule has 1 aliphatic rings. The van der Waals surface area contributed by atoms with Gasteiger partial charge in [0.25, 0.3) is 0 Å². The first-order valence-electron chi connectivity index (χ1n) is 8.94. The SMILES string of the molecule is CC(C)Cn1cncc1CNc1nc(-c2ccncc2)nc2c1CNC2. The van der Waals surface area contributed by atoms with E-state index in [1.165, 1.54) is 0 Å². The summed E-state index contributed by atoms with van der Waals surface area (Å²) in [4.78, 5) is 17.9. The fraction of sp³-hybridized carbons (Fsp3) is 0.368. The predicted molar refractivity (Wildman–Crippen MR) is 100 cm³/mol. The van der Waals surface area contributed by atoms with Crippen molar-refractivity contribution in [1.82, 2.24) is 29.8 Å². The Kier molecular flexibility index (Phi) is 4.62. The maximum atomic E-state index is 4.78. The largest absolute Gasteiger partial charge is 0.364 e. The number of pyridine rings is 1. The van der Waals surface area contributed by atoms with Gasteiger partial charge in [-0.3, -0.25) is 4.98 Å². The van der Waals surface area contributed by atoms with E-state index in [2.05, 4.69) is 39.0 Å². The minimum atomic E-state index is 0.578. The second-order valence-electron chi connectivity index (χ2n) is 6.95. The molecule has 4 rings (SSSR count). The number of aromatic nitrogens is 5. The Labute approximate surface area is 152 Å². The minimum absolute atomic E-state index is 0.578. The van der Waals surface area contributed by atoms with Gasteiger partial charge in [-0.1, -0.05) is 13.8 Å². The molecule has 7 nitrogen and oxygen atoms in total. The molecule has 1 aliphatic heterocycles. The normalized spacial score (nSPS) is 13.2. The third-order valence-electron chi connectivity index (χ3n) is 4.42. The zero-order valence-corrected chi connectivity index (χ0v) is 15.1. The van der Waals surface area contributed by atoms with E-state index in [0.29, 0.717) is 12.5 Å². The maximum absolute atomic E-state index is 4.78. The highest BCUT2D eigenvalue weighted by Crippen LogP contribution is 2.25. The van der Waals surface area contributed by atoms with Crippen LogP contribution in [0.5, 0.6) is 0 Å². The Morgan fingerprint density at radius 2 is 2.00 bits per heavy atom. The number of nitrogens with one attached hydrogen (secondary N) is 2. The summed E-state index contributed by atoms with van der Waals surface area (Å²) in [5, 5.41) is 6.87. The molecule has 3 aromatic rings. The van der Waals surface area contributed by atoms with E-state index in [1.807, 2.05) is 24.7 Å². The van der Waals surface area contributed by atoms with Crippen LogP contribution in [0.3, 0.4) is 0 Å². The second-order valence-corrected chi connectivity index (χ2v) is 6.95. The molecule has 0 fully saturated rings. The van der Waals surface area contributed by atoms with Gasteiger partial charge in [-0.05, 0) is 18.1 Å². The third-order valence-corrected chi connectivity index (χ3v) is 4.42. The fourth-order valence-electron chi connectivity index (χ4n) is 3.17. The molecule has 0 unspecified atom stereocenters. The summed E-state index contributed by atoms with van der Waals surface area (Å²) in [7, 11) is 0. The number of fused-ring (bicyclic) bond motifs is 1. The van der Waals surface area contributed by atoms with E-state index >= 15 is 0 Å². The van der Waals surface area contributed by atoms with Gasteiger partial charge < -0.3 is 15.2 Å². The topological polar surface area (TPSA) is 80.6 Å². The van der Waals surface area contributed by atoms with Crippen LogP contribution >= 0.6 is 0 Å². The minimum Gasteiger partial charge on any atom is -0.364 e. The average Bonchev–Trinajstić information content (AvgIpc) is 3.29. The Bertz CT molecular complexity index is 886. The van der Waals surface area contributed by atoms with Gasteiger partial charge in [0.2, 0.25) is 0 Å². The first kappa shape index (κ1) is 16.7. The van der Waals surface area contributed by atoms with Crippen LogP contribution in [0.2, 0.25) is 0 Å². The van der Waals surface area contributed by atoms with Crippen molar-refractivity contribution in [2.45, 2.75) is 40.0 Å². The molecule has 0 saturated heterocycles. The number of hydrogen-bond donors (Lipinski definition) is 2. The molecule has 0 atom stereocenters. The molecular weight excluding hydrogens is 326 g/mol. The van der Waals surface area contributed by atoms with Gasteiger partial charge in [-0.2, -0.15) is 0 Å². The van der Waals surface area contributed by atoms with E-state index in [4.69, 9.17) is 9.97 Å². The molecule has 26 heavy (non-hydrogen) atoms. The van der Waals surface area contributed by atoms with Crippen molar-refractivity contribution in [2.24, 2.45) is 5.92 Å². The monoisotopic (exact) mass is 349 g/mol. The molecule has 0 aromatic carbocycles. The van der Waals surface area contributed by atoms with Gasteiger partial charge in [0.15, 0.2) is 5.82 Å². The van der Waals surface area contributed by atoms with E-state index < -0.39 is 0 Å². The molecule has 4 heterocycles. The first-order chi connectivity index (χ1) is 12.7. The smallest absolute Gasteiger partial charge is 0.161 e. The van der Waals surface area contributed by atoms with Crippen LogP contribution in [0.1, 0.15) is 30.8 Å². The Hall–Kier alpha value is -2.80. The van der Waals surface area contributed by atoms with Crippen LogP contribution < -0.4 is 10.6 Å². The lowest BCUT2D eigenvalue weighted by Gasteiger charge is -2.14. The molecule has 0 spiro atoms. The molecule has 0 radical (unpaired) electrons. The van der Waals surface area contributed by atoms with Crippen molar-refractivity contribution in [2.75, 3.05) is 5.32 Å². The van der Waals surface area contributed by atoms with Crippen molar-refractivity contribution >= 4 is 5.82 Å². The summed E-state index contributed by atoms with van der Waals surface area (Å²) in [5.74, 6) is 2.20. The average molecular weight is 349 g/mol. The zero-order valence-electron chi connectivity index (χ0n) is 15.1. The van der Waals surface area contributed by atoms with Crippen LogP contribution in [0.15, 0.2) is 37.1 Å². The van der Waals surface area contributed by atoms with Crippen LogP contribution in [0, 0.1) is 5.92 Å². The van der Waals surface area contributed by atoms with Crippen LogP contribution in [-0.2, 0) is 26.2 Å². The number of hydrogen-bond acceptors (Lipinski definition) is 6. The van der Waals surface area contributed by atoms with Gasteiger partial charge in [0.05, 0.1) is 24.3 Å². The summed E-state index contributed by atoms with van der Waals surface area (Å²) in [6, 6.07) is 3.87. The van der Waals surface area contributed by atoms with Crippen molar-refractivity contribution < 1.29 is 0 Å². The van der Waals surface area contributed by atoms with Crippen molar-refractivity contribution in [3.63, 3.8) is 0 Å². The highest BCUT2D eigenvalue weighted by atomic mass is 15.1.